The number of carbonyl (C=O) groups is 3. The van der Waals surface area contributed by atoms with Crippen molar-refractivity contribution in [1.29, 1.82) is 0 Å². The van der Waals surface area contributed by atoms with Gasteiger partial charge in [-0.25, -0.2) is 9.59 Å². The zero-order valence-electron chi connectivity index (χ0n) is 10.3. The summed E-state index contributed by atoms with van der Waals surface area (Å²) in [6.07, 6.45) is 2.69. The number of nitrogens with one attached hydrogen (secondary N) is 2. The van der Waals surface area contributed by atoms with E-state index in [0.29, 0.717) is 6.54 Å². The van der Waals surface area contributed by atoms with Crippen LogP contribution in [0.1, 0.15) is 19.3 Å². The molecule has 0 rings (SSSR count). The van der Waals surface area contributed by atoms with Crippen molar-refractivity contribution in [2.45, 2.75) is 25.3 Å². The lowest BCUT2D eigenvalue weighted by Gasteiger charge is -2.14. The fraction of sp³-hybridized carbons (Fsp3) is 0.700. The average molecular weight is 277 g/mol. The number of rotatable bonds is 9. The number of aliphatic carboxylic acids is 1. The monoisotopic (exact) mass is 277 g/mol. The number of carboxylic acid groups (broad SMARTS) is 1. The zero-order chi connectivity index (χ0) is 14.0. The minimum Gasteiger partial charge on any atom is -0.480 e. The van der Waals surface area contributed by atoms with Gasteiger partial charge in [0, 0.05) is 13.0 Å². The topological polar surface area (TPSA) is 122 Å². The molecule has 0 saturated heterocycles. The summed E-state index contributed by atoms with van der Waals surface area (Å²) in [6.45, 7) is 0.481. The summed E-state index contributed by atoms with van der Waals surface area (Å²) < 4.78 is 0. The lowest BCUT2D eigenvalue weighted by molar-refractivity contribution is -0.139. The Labute approximate surface area is 110 Å². The maximum atomic E-state index is 11.4. The Morgan fingerprint density at radius 3 is 2.56 bits per heavy atom. The molecule has 0 fully saturated rings. The molecule has 0 aliphatic carbocycles. The van der Waals surface area contributed by atoms with E-state index in [2.05, 4.69) is 10.6 Å². The largest absolute Gasteiger partial charge is 0.480 e. The second-order valence-corrected chi connectivity index (χ2v) is 4.63. The van der Waals surface area contributed by atoms with Gasteiger partial charge in [0.2, 0.25) is 5.91 Å². The summed E-state index contributed by atoms with van der Waals surface area (Å²) in [7, 11) is 0. The number of primary amides is 1. The van der Waals surface area contributed by atoms with Crippen LogP contribution < -0.4 is 16.4 Å². The third-order valence-electron chi connectivity index (χ3n) is 2.09. The van der Waals surface area contributed by atoms with Gasteiger partial charge < -0.3 is 21.5 Å². The summed E-state index contributed by atoms with van der Waals surface area (Å²) in [5, 5.41) is 13.7. The van der Waals surface area contributed by atoms with E-state index in [1.54, 1.807) is 11.8 Å². The predicted molar refractivity (Wildman–Crippen MR) is 69.4 cm³/mol. The number of carbonyl (C=O) groups excluding carboxylic acids is 2. The molecular formula is C10H19N3O4S. The van der Waals surface area contributed by atoms with Gasteiger partial charge >= 0.3 is 12.0 Å². The summed E-state index contributed by atoms with van der Waals surface area (Å²) in [4.78, 5) is 32.7. The van der Waals surface area contributed by atoms with Crippen molar-refractivity contribution < 1.29 is 19.5 Å². The molecule has 1 atom stereocenters. The van der Waals surface area contributed by atoms with Gasteiger partial charge in [0.05, 0.1) is 0 Å². The van der Waals surface area contributed by atoms with Crippen LogP contribution in [0.25, 0.3) is 0 Å². The van der Waals surface area contributed by atoms with E-state index in [-0.39, 0.29) is 12.8 Å². The Bertz CT molecular complexity index is 299. The van der Waals surface area contributed by atoms with E-state index in [1.807, 2.05) is 6.26 Å². The second-order valence-electron chi connectivity index (χ2n) is 3.64. The normalized spacial score (nSPS) is 11.6. The third kappa shape index (κ3) is 8.68. The van der Waals surface area contributed by atoms with Crippen molar-refractivity contribution in [3.05, 3.63) is 0 Å². The van der Waals surface area contributed by atoms with Gasteiger partial charge in [-0.1, -0.05) is 0 Å². The van der Waals surface area contributed by atoms with Crippen LogP contribution in [0, 0.1) is 0 Å². The van der Waals surface area contributed by atoms with Crippen LogP contribution in [0.15, 0.2) is 0 Å². The van der Waals surface area contributed by atoms with Crippen LogP contribution in [0.5, 0.6) is 0 Å². The Kier molecular flexibility index (Phi) is 8.81. The van der Waals surface area contributed by atoms with Crippen molar-refractivity contribution in [3.63, 3.8) is 0 Å². The average Bonchev–Trinajstić information content (AvgIpc) is 2.29. The molecule has 0 spiro atoms. The molecule has 3 amide bonds. The summed E-state index contributed by atoms with van der Waals surface area (Å²) in [5.74, 6) is -0.858. The molecule has 8 heteroatoms. The standard InChI is InChI=1S/C10H19N3O4S/c1-18-6-2-5-12-10(17)13-7(9(15)16)3-4-8(11)14/h7H,2-6H2,1H3,(H2,11,14)(H,15,16)(H2,12,13,17)/t7-/m0/s1. The first-order valence-electron chi connectivity index (χ1n) is 5.51. The van der Waals surface area contributed by atoms with Crippen LogP contribution in [0.4, 0.5) is 4.79 Å². The van der Waals surface area contributed by atoms with Crippen LogP contribution in [-0.2, 0) is 9.59 Å². The van der Waals surface area contributed by atoms with Gasteiger partial charge in [-0.15, -0.1) is 0 Å². The first-order chi connectivity index (χ1) is 8.47. The van der Waals surface area contributed by atoms with Crippen molar-refractivity contribution in [3.8, 4) is 0 Å². The number of nitrogens with two attached hydrogens (primary N) is 1. The maximum Gasteiger partial charge on any atom is 0.326 e. The summed E-state index contributed by atoms with van der Waals surface area (Å²) in [5.41, 5.74) is 4.92. The number of urea groups is 1. The predicted octanol–water partition coefficient (Wildman–Crippen LogP) is -0.243. The van der Waals surface area contributed by atoms with Gasteiger partial charge in [-0.05, 0) is 24.9 Å². The van der Waals surface area contributed by atoms with E-state index in [0.717, 1.165) is 12.2 Å². The molecule has 104 valence electrons. The Morgan fingerprint density at radius 1 is 1.39 bits per heavy atom. The highest BCUT2D eigenvalue weighted by molar-refractivity contribution is 7.98. The third-order valence-corrected chi connectivity index (χ3v) is 2.79. The summed E-state index contributed by atoms with van der Waals surface area (Å²) >= 11 is 1.67. The molecule has 0 radical (unpaired) electrons. The lowest BCUT2D eigenvalue weighted by atomic mass is 10.1. The van der Waals surface area contributed by atoms with Crippen molar-refractivity contribution in [2.24, 2.45) is 5.73 Å². The van der Waals surface area contributed by atoms with Gasteiger partial charge in [-0.3, -0.25) is 4.79 Å². The maximum absolute atomic E-state index is 11.4. The van der Waals surface area contributed by atoms with Gasteiger partial charge in [0.1, 0.15) is 6.04 Å². The molecule has 0 unspecified atom stereocenters. The van der Waals surface area contributed by atoms with E-state index in [1.165, 1.54) is 0 Å². The molecule has 0 heterocycles. The van der Waals surface area contributed by atoms with Crippen LogP contribution >= 0.6 is 11.8 Å². The molecule has 0 aromatic carbocycles. The van der Waals surface area contributed by atoms with Crippen molar-refractivity contribution in [1.82, 2.24) is 10.6 Å². The molecule has 5 N–H and O–H groups in total. The van der Waals surface area contributed by atoms with Gasteiger partial charge in [0.15, 0.2) is 0 Å². The molecule has 0 bridgehead atoms. The fourth-order valence-corrected chi connectivity index (χ4v) is 1.60. The molecular weight excluding hydrogens is 258 g/mol. The smallest absolute Gasteiger partial charge is 0.326 e. The van der Waals surface area contributed by atoms with E-state index < -0.39 is 23.9 Å². The minimum atomic E-state index is -1.18. The minimum absolute atomic E-state index is 0.0110. The Morgan fingerprint density at radius 2 is 2.06 bits per heavy atom. The molecule has 7 nitrogen and oxygen atoms in total. The van der Waals surface area contributed by atoms with Crippen LogP contribution in [0.2, 0.25) is 0 Å². The highest BCUT2D eigenvalue weighted by Gasteiger charge is 2.20. The number of hydrogen-bond acceptors (Lipinski definition) is 4. The summed E-state index contributed by atoms with van der Waals surface area (Å²) in [6, 6.07) is -1.65. The highest BCUT2D eigenvalue weighted by atomic mass is 32.2. The van der Waals surface area contributed by atoms with E-state index >= 15 is 0 Å². The molecule has 0 aromatic heterocycles. The first kappa shape index (κ1) is 16.6. The SMILES string of the molecule is CSCCCNC(=O)N[C@@H](CCC(N)=O)C(=O)O. The molecule has 0 aliphatic rings. The number of thioether (sulfide) groups is 1. The van der Waals surface area contributed by atoms with Crippen LogP contribution in [0.3, 0.4) is 0 Å². The fourth-order valence-electron chi connectivity index (χ4n) is 1.17. The van der Waals surface area contributed by atoms with Crippen molar-refractivity contribution in [2.75, 3.05) is 18.6 Å². The van der Waals surface area contributed by atoms with E-state index in [4.69, 9.17) is 10.8 Å². The molecule has 18 heavy (non-hydrogen) atoms. The van der Waals surface area contributed by atoms with Gasteiger partial charge in [0.25, 0.3) is 0 Å². The number of hydrogen-bond donors (Lipinski definition) is 4. The number of carboxylic acids is 1. The quantitative estimate of drug-likeness (QED) is 0.433. The van der Waals surface area contributed by atoms with Crippen LogP contribution in [-0.4, -0.2) is 47.6 Å². The second kappa shape index (κ2) is 9.58. The lowest BCUT2D eigenvalue weighted by Crippen LogP contribution is -2.46. The zero-order valence-corrected chi connectivity index (χ0v) is 11.1. The Hall–Kier alpha value is -1.44. The van der Waals surface area contributed by atoms with E-state index in [9.17, 15) is 14.4 Å². The molecule has 0 aromatic rings. The van der Waals surface area contributed by atoms with Crippen molar-refractivity contribution >= 4 is 29.7 Å². The first-order valence-corrected chi connectivity index (χ1v) is 6.91. The highest BCUT2D eigenvalue weighted by Crippen LogP contribution is 1.97. The Balaban J connectivity index is 3.96. The van der Waals surface area contributed by atoms with Gasteiger partial charge in [-0.2, -0.15) is 11.8 Å². The molecule has 0 saturated carbocycles. The molecule has 0 aliphatic heterocycles. The number of amides is 3.